The van der Waals surface area contributed by atoms with Crippen molar-refractivity contribution in [1.82, 2.24) is 5.32 Å². The molecular weight excluding hydrogens is 216 g/mol. The molecule has 0 radical (unpaired) electrons. The van der Waals surface area contributed by atoms with E-state index in [-0.39, 0.29) is 18.2 Å². The molecule has 1 aromatic carbocycles. The fourth-order valence-corrected chi connectivity index (χ4v) is 2.54. The molecule has 1 aromatic rings. The summed E-state index contributed by atoms with van der Waals surface area (Å²) in [5, 5.41) is 3.31. The third-order valence-corrected chi connectivity index (χ3v) is 3.48. The van der Waals surface area contributed by atoms with Crippen molar-refractivity contribution in [1.29, 1.82) is 0 Å². The molecule has 0 spiro atoms. The van der Waals surface area contributed by atoms with Crippen LogP contribution < -0.4 is 10.2 Å². The second kappa shape index (κ2) is 4.04. The van der Waals surface area contributed by atoms with E-state index in [0.29, 0.717) is 0 Å². The van der Waals surface area contributed by atoms with Crippen LogP contribution in [0.3, 0.4) is 0 Å². The predicted molar refractivity (Wildman–Crippen MR) is 65.2 cm³/mol. The standard InChI is InChI=1S/C13H16N2O2/c1-9-2-4-10(5-3-9)15-11-8-14-7-6-12(11)17-13(15)16/h2-5,11-12,14H,6-8H2,1H3. The minimum atomic E-state index is -0.215. The minimum Gasteiger partial charge on any atom is -0.444 e. The normalized spacial score (nSPS) is 27.8. The maximum absolute atomic E-state index is 11.9. The zero-order valence-electron chi connectivity index (χ0n) is 9.85. The maximum atomic E-state index is 11.9. The highest BCUT2D eigenvalue weighted by atomic mass is 16.6. The molecule has 2 aliphatic rings. The largest absolute Gasteiger partial charge is 0.444 e. The Balaban J connectivity index is 1.90. The van der Waals surface area contributed by atoms with Crippen molar-refractivity contribution in [2.24, 2.45) is 0 Å². The molecule has 2 heterocycles. The summed E-state index contributed by atoms with van der Waals surface area (Å²) in [5.74, 6) is 0. The van der Waals surface area contributed by atoms with Crippen LogP contribution in [-0.4, -0.2) is 31.3 Å². The molecule has 2 unspecified atom stereocenters. The number of carbonyl (C=O) groups is 1. The Morgan fingerprint density at radius 2 is 2.12 bits per heavy atom. The number of hydrogen-bond acceptors (Lipinski definition) is 3. The van der Waals surface area contributed by atoms with Gasteiger partial charge in [-0.3, -0.25) is 4.90 Å². The van der Waals surface area contributed by atoms with E-state index in [2.05, 4.69) is 5.32 Å². The molecule has 4 nitrogen and oxygen atoms in total. The van der Waals surface area contributed by atoms with Gasteiger partial charge < -0.3 is 10.1 Å². The molecule has 2 fully saturated rings. The molecule has 0 aromatic heterocycles. The van der Waals surface area contributed by atoms with Gasteiger partial charge in [0.05, 0.1) is 6.04 Å². The summed E-state index contributed by atoms with van der Waals surface area (Å²) in [5.41, 5.74) is 2.12. The SMILES string of the molecule is Cc1ccc(N2C(=O)OC3CCNCC32)cc1. The minimum absolute atomic E-state index is 0.0463. The van der Waals surface area contributed by atoms with Crippen molar-refractivity contribution in [3.05, 3.63) is 29.8 Å². The van der Waals surface area contributed by atoms with E-state index < -0.39 is 0 Å². The van der Waals surface area contributed by atoms with Crippen molar-refractivity contribution < 1.29 is 9.53 Å². The first-order chi connectivity index (χ1) is 8.25. The first-order valence-electron chi connectivity index (χ1n) is 6.03. The Morgan fingerprint density at radius 1 is 1.35 bits per heavy atom. The monoisotopic (exact) mass is 232 g/mol. The Bertz CT molecular complexity index is 430. The van der Waals surface area contributed by atoms with Gasteiger partial charge in [-0.1, -0.05) is 17.7 Å². The number of carbonyl (C=O) groups excluding carboxylic acids is 1. The summed E-state index contributed by atoms with van der Waals surface area (Å²) < 4.78 is 5.41. The molecule has 3 rings (SSSR count). The Hall–Kier alpha value is -1.55. The number of rotatable bonds is 1. The number of aryl methyl sites for hydroxylation is 1. The van der Waals surface area contributed by atoms with E-state index in [9.17, 15) is 4.79 Å². The fraction of sp³-hybridized carbons (Fsp3) is 0.462. The van der Waals surface area contributed by atoms with Gasteiger partial charge in [-0.2, -0.15) is 0 Å². The Morgan fingerprint density at radius 3 is 2.88 bits per heavy atom. The molecule has 1 amide bonds. The van der Waals surface area contributed by atoms with Gasteiger partial charge in [0.15, 0.2) is 0 Å². The van der Waals surface area contributed by atoms with Crippen LogP contribution in [0.15, 0.2) is 24.3 Å². The van der Waals surface area contributed by atoms with Gasteiger partial charge >= 0.3 is 6.09 Å². The number of fused-ring (bicyclic) bond motifs is 1. The maximum Gasteiger partial charge on any atom is 0.415 e. The highest BCUT2D eigenvalue weighted by molar-refractivity contribution is 5.90. The summed E-state index contributed by atoms with van der Waals surface area (Å²) in [6, 6.07) is 8.14. The zero-order chi connectivity index (χ0) is 11.8. The highest BCUT2D eigenvalue weighted by Crippen LogP contribution is 2.29. The average molecular weight is 232 g/mol. The van der Waals surface area contributed by atoms with E-state index in [1.165, 1.54) is 5.56 Å². The van der Waals surface area contributed by atoms with Gasteiger partial charge in [-0.05, 0) is 32.0 Å². The summed E-state index contributed by atoms with van der Waals surface area (Å²) >= 11 is 0. The average Bonchev–Trinajstić information content (AvgIpc) is 2.66. The van der Waals surface area contributed by atoms with Crippen LogP contribution in [0.1, 0.15) is 12.0 Å². The number of nitrogens with zero attached hydrogens (tertiary/aromatic N) is 1. The van der Waals surface area contributed by atoms with Crippen LogP contribution >= 0.6 is 0 Å². The van der Waals surface area contributed by atoms with E-state index in [1.54, 1.807) is 4.90 Å². The van der Waals surface area contributed by atoms with Crippen LogP contribution in [0.2, 0.25) is 0 Å². The number of benzene rings is 1. The smallest absolute Gasteiger partial charge is 0.415 e. The number of piperidine rings is 1. The quantitative estimate of drug-likeness (QED) is 0.801. The van der Waals surface area contributed by atoms with E-state index in [0.717, 1.165) is 25.2 Å². The Labute approximate surface area is 101 Å². The summed E-state index contributed by atoms with van der Waals surface area (Å²) in [6.45, 7) is 3.78. The lowest BCUT2D eigenvalue weighted by Gasteiger charge is -2.28. The second-order valence-corrected chi connectivity index (χ2v) is 4.69. The number of anilines is 1. The molecule has 0 bridgehead atoms. The molecule has 2 atom stereocenters. The van der Waals surface area contributed by atoms with Crippen molar-refractivity contribution >= 4 is 11.8 Å². The van der Waals surface area contributed by atoms with E-state index >= 15 is 0 Å². The summed E-state index contributed by atoms with van der Waals surface area (Å²) in [6.07, 6.45) is 0.733. The summed E-state index contributed by atoms with van der Waals surface area (Å²) in [7, 11) is 0. The summed E-state index contributed by atoms with van der Waals surface area (Å²) in [4.78, 5) is 13.7. The van der Waals surface area contributed by atoms with Crippen molar-refractivity contribution in [3.63, 3.8) is 0 Å². The van der Waals surface area contributed by atoms with Crippen molar-refractivity contribution in [2.75, 3.05) is 18.0 Å². The van der Waals surface area contributed by atoms with Crippen LogP contribution in [0.5, 0.6) is 0 Å². The first-order valence-corrected chi connectivity index (χ1v) is 6.03. The van der Waals surface area contributed by atoms with Gasteiger partial charge in [0.25, 0.3) is 0 Å². The molecule has 2 aliphatic heterocycles. The Kier molecular flexibility index (Phi) is 2.52. The predicted octanol–water partition coefficient (Wildman–Crippen LogP) is 1.68. The van der Waals surface area contributed by atoms with Gasteiger partial charge in [0.1, 0.15) is 6.10 Å². The van der Waals surface area contributed by atoms with Gasteiger partial charge in [-0.25, -0.2) is 4.79 Å². The van der Waals surface area contributed by atoms with Crippen molar-refractivity contribution in [2.45, 2.75) is 25.5 Å². The number of nitrogens with one attached hydrogen (secondary N) is 1. The molecule has 0 aliphatic carbocycles. The zero-order valence-corrected chi connectivity index (χ0v) is 9.85. The molecular formula is C13H16N2O2. The lowest BCUT2D eigenvalue weighted by Crippen LogP contribution is -2.49. The van der Waals surface area contributed by atoms with Crippen LogP contribution in [0.25, 0.3) is 0 Å². The third kappa shape index (κ3) is 1.78. The number of hydrogen-bond donors (Lipinski definition) is 1. The van der Waals surface area contributed by atoms with Crippen LogP contribution in [-0.2, 0) is 4.74 Å². The van der Waals surface area contributed by atoms with Gasteiger partial charge in [0, 0.05) is 12.2 Å². The first kappa shape index (κ1) is 10.6. The van der Waals surface area contributed by atoms with Crippen molar-refractivity contribution in [3.8, 4) is 0 Å². The number of amides is 1. The fourth-order valence-electron chi connectivity index (χ4n) is 2.54. The molecule has 2 saturated heterocycles. The van der Waals surface area contributed by atoms with E-state index in [1.807, 2.05) is 31.2 Å². The molecule has 90 valence electrons. The molecule has 17 heavy (non-hydrogen) atoms. The lowest BCUT2D eigenvalue weighted by atomic mass is 10.0. The molecule has 4 heteroatoms. The lowest BCUT2D eigenvalue weighted by molar-refractivity contribution is 0.117. The highest BCUT2D eigenvalue weighted by Gasteiger charge is 2.43. The number of ether oxygens (including phenoxy) is 1. The molecule has 0 saturated carbocycles. The third-order valence-electron chi connectivity index (χ3n) is 3.48. The van der Waals surface area contributed by atoms with E-state index in [4.69, 9.17) is 4.74 Å². The topological polar surface area (TPSA) is 41.6 Å². The van der Waals surface area contributed by atoms with Gasteiger partial charge in [0.2, 0.25) is 0 Å². The van der Waals surface area contributed by atoms with Crippen LogP contribution in [0, 0.1) is 6.92 Å². The van der Waals surface area contributed by atoms with Gasteiger partial charge in [-0.15, -0.1) is 0 Å². The molecule has 1 N–H and O–H groups in total. The second-order valence-electron chi connectivity index (χ2n) is 4.69. The van der Waals surface area contributed by atoms with Crippen LogP contribution in [0.4, 0.5) is 10.5 Å².